The van der Waals surface area contributed by atoms with Crippen LogP contribution in [0.1, 0.15) is 47.7 Å². The smallest absolute Gasteiger partial charge is 0.351 e. The van der Waals surface area contributed by atoms with Crippen molar-refractivity contribution in [3.63, 3.8) is 0 Å². The van der Waals surface area contributed by atoms with Gasteiger partial charge in [-0.2, -0.15) is 4.98 Å². The van der Waals surface area contributed by atoms with Crippen LogP contribution in [0.4, 0.5) is 10.2 Å². The zero-order valence-electron chi connectivity index (χ0n) is 20.9. The Hall–Kier alpha value is -4.38. The summed E-state index contributed by atoms with van der Waals surface area (Å²) in [4.78, 5) is 53.5. The summed E-state index contributed by atoms with van der Waals surface area (Å²) in [6.07, 6.45) is -1.64. The molecule has 1 aromatic heterocycles. The number of hydrogen-bond acceptors (Lipinski definition) is 8. The summed E-state index contributed by atoms with van der Waals surface area (Å²) in [5, 5.41) is 2.51. The fourth-order valence-corrected chi connectivity index (χ4v) is 4.21. The van der Waals surface area contributed by atoms with Gasteiger partial charge in [0.1, 0.15) is 18.5 Å². The number of carbonyl (C=O) groups excluding carboxylic acids is 3. The fraction of sp³-hybridized carbons (Fsp3) is 0.296. The summed E-state index contributed by atoms with van der Waals surface area (Å²) < 4.78 is 33.8. The minimum atomic E-state index is -2.46. The first-order valence-corrected chi connectivity index (χ1v) is 11.7. The quantitative estimate of drug-likeness (QED) is 0.468. The van der Waals surface area contributed by atoms with Crippen molar-refractivity contribution in [2.24, 2.45) is 0 Å². The van der Waals surface area contributed by atoms with Crippen molar-refractivity contribution in [3.05, 3.63) is 94.5 Å². The van der Waals surface area contributed by atoms with Crippen LogP contribution in [0.2, 0.25) is 0 Å². The SMILES string of the molecule is CC(=O)O[C@]1(C)[C@@H](COC(=O)c2ccccc2)O[C@H](n2ccc(NC(=O)c3ccccc3)nc2=O)[C@]1(C)F. The van der Waals surface area contributed by atoms with Crippen molar-refractivity contribution in [2.75, 3.05) is 11.9 Å². The third-order valence-electron chi connectivity index (χ3n) is 6.43. The molecule has 3 aromatic rings. The molecule has 1 aliphatic rings. The lowest BCUT2D eigenvalue weighted by atomic mass is 9.84. The second-order valence-electron chi connectivity index (χ2n) is 9.04. The van der Waals surface area contributed by atoms with Gasteiger partial charge in [0.15, 0.2) is 17.5 Å². The highest BCUT2D eigenvalue weighted by atomic mass is 19.1. The summed E-state index contributed by atoms with van der Waals surface area (Å²) in [7, 11) is 0. The maximum absolute atomic E-state index is 16.4. The van der Waals surface area contributed by atoms with Gasteiger partial charge in [0.25, 0.3) is 5.91 Å². The van der Waals surface area contributed by atoms with Crippen LogP contribution in [0.25, 0.3) is 0 Å². The number of anilines is 1. The first-order chi connectivity index (χ1) is 18.0. The molecule has 0 aliphatic carbocycles. The second-order valence-corrected chi connectivity index (χ2v) is 9.04. The Kier molecular flexibility index (Phi) is 7.40. The summed E-state index contributed by atoms with van der Waals surface area (Å²) in [5.74, 6) is -2.00. The highest BCUT2D eigenvalue weighted by molar-refractivity contribution is 6.03. The molecule has 0 unspecified atom stereocenters. The van der Waals surface area contributed by atoms with E-state index in [1.807, 2.05) is 0 Å². The van der Waals surface area contributed by atoms with Crippen LogP contribution >= 0.6 is 0 Å². The second kappa shape index (κ2) is 10.5. The Morgan fingerprint density at radius 3 is 2.21 bits per heavy atom. The van der Waals surface area contributed by atoms with Gasteiger partial charge in [0, 0.05) is 18.7 Å². The molecule has 0 radical (unpaired) electrons. The number of rotatable bonds is 7. The molecule has 4 atom stereocenters. The number of alkyl halides is 1. The molecule has 198 valence electrons. The topological polar surface area (TPSA) is 126 Å². The number of amides is 1. The van der Waals surface area contributed by atoms with Crippen molar-refractivity contribution in [1.29, 1.82) is 0 Å². The van der Waals surface area contributed by atoms with E-state index in [4.69, 9.17) is 14.2 Å². The molecule has 1 saturated heterocycles. The first-order valence-electron chi connectivity index (χ1n) is 11.7. The Labute approximate surface area is 217 Å². The van der Waals surface area contributed by atoms with Crippen LogP contribution in [-0.4, -0.2) is 51.4 Å². The maximum atomic E-state index is 16.4. The number of carbonyl (C=O) groups is 3. The number of ether oxygens (including phenoxy) is 3. The number of nitrogens with one attached hydrogen (secondary N) is 1. The van der Waals surface area contributed by atoms with E-state index in [9.17, 15) is 19.2 Å². The Bertz CT molecular complexity index is 1390. The minimum absolute atomic E-state index is 0.0465. The molecule has 10 nitrogen and oxygen atoms in total. The van der Waals surface area contributed by atoms with E-state index < -0.39 is 53.7 Å². The molecule has 1 amide bonds. The standard InChI is InChI=1S/C27H26FN3O7/c1-17(32)38-27(3)20(16-36-23(34)19-12-8-5-9-13-19)37-24(26(27,2)28)31-15-14-21(30-25(31)35)29-22(33)18-10-6-4-7-11-18/h4-15,20,24H,16H2,1-3H3,(H,29,30,33,35)/t20-,24+,26+,27-/m1/s1. The van der Waals surface area contributed by atoms with Crippen LogP contribution in [0.3, 0.4) is 0 Å². The molecule has 2 aromatic carbocycles. The predicted molar refractivity (Wildman–Crippen MR) is 133 cm³/mol. The average molecular weight is 524 g/mol. The van der Waals surface area contributed by atoms with Crippen molar-refractivity contribution in [3.8, 4) is 0 Å². The van der Waals surface area contributed by atoms with E-state index in [2.05, 4.69) is 10.3 Å². The van der Waals surface area contributed by atoms with Crippen LogP contribution in [0.15, 0.2) is 77.7 Å². The van der Waals surface area contributed by atoms with E-state index in [1.54, 1.807) is 60.7 Å². The number of hydrogen-bond donors (Lipinski definition) is 1. The summed E-state index contributed by atoms with van der Waals surface area (Å²) in [5.41, 5.74) is -4.67. The number of benzene rings is 2. The third kappa shape index (κ3) is 5.18. The molecule has 2 heterocycles. The summed E-state index contributed by atoms with van der Waals surface area (Å²) in [6.45, 7) is 3.08. The zero-order chi connectivity index (χ0) is 27.5. The lowest BCUT2D eigenvalue weighted by Crippen LogP contribution is -2.55. The maximum Gasteiger partial charge on any atom is 0.351 e. The Morgan fingerprint density at radius 2 is 1.63 bits per heavy atom. The van der Waals surface area contributed by atoms with Gasteiger partial charge in [-0.1, -0.05) is 36.4 Å². The molecule has 11 heteroatoms. The molecule has 0 bridgehead atoms. The number of halogens is 1. The van der Waals surface area contributed by atoms with Crippen LogP contribution in [0.5, 0.6) is 0 Å². The van der Waals surface area contributed by atoms with Gasteiger partial charge in [0.05, 0.1) is 5.56 Å². The normalized spacial score (nSPS) is 24.4. The molecule has 1 N–H and O–H groups in total. The van der Waals surface area contributed by atoms with Crippen molar-refractivity contribution >= 4 is 23.7 Å². The van der Waals surface area contributed by atoms with Gasteiger partial charge < -0.3 is 19.5 Å². The number of aromatic nitrogens is 2. The molecule has 1 fully saturated rings. The third-order valence-corrected chi connectivity index (χ3v) is 6.43. The van der Waals surface area contributed by atoms with Crippen molar-refractivity contribution in [1.82, 2.24) is 9.55 Å². The van der Waals surface area contributed by atoms with Gasteiger partial charge in [-0.25, -0.2) is 14.0 Å². The molecular weight excluding hydrogens is 497 g/mol. The summed E-state index contributed by atoms with van der Waals surface area (Å²) in [6, 6.07) is 17.8. The minimum Gasteiger partial charge on any atom is -0.459 e. The van der Waals surface area contributed by atoms with Gasteiger partial charge >= 0.3 is 17.6 Å². The highest BCUT2D eigenvalue weighted by Crippen LogP contribution is 2.50. The molecule has 0 saturated carbocycles. The van der Waals surface area contributed by atoms with Crippen LogP contribution < -0.4 is 11.0 Å². The zero-order valence-corrected chi connectivity index (χ0v) is 20.9. The van der Waals surface area contributed by atoms with Crippen molar-refractivity contribution in [2.45, 2.75) is 44.4 Å². The Balaban J connectivity index is 1.58. The molecule has 0 spiro atoms. The molecule has 1 aliphatic heterocycles. The molecule has 38 heavy (non-hydrogen) atoms. The summed E-state index contributed by atoms with van der Waals surface area (Å²) >= 11 is 0. The van der Waals surface area contributed by atoms with Crippen molar-refractivity contribution < 1.29 is 33.0 Å². The average Bonchev–Trinajstić information content (AvgIpc) is 3.08. The van der Waals surface area contributed by atoms with E-state index in [0.717, 1.165) is 18.4 Å². The van der Waals surface area contributed by atoms with E-state index in [0.29, 0.717) is 5.56 Å². The largest absolute Gasteiger partial charge is 0.459 e. The first kappa shape index (κ1) is 26.7. The van der Waals surface area contributed by atoms with E-state index >= 15 is 4.39 Å². The van der Waals surface area contributed by atoms with Gasteiger partial charge in [-0.05, 0) is 44.2 Å². The molecular formula is C27H26FN3O7. The lowest BCUT2D eigenvalue weighted by Gasteiger charge is -2.36. The van der Waals surface area contributed by atoms with Gasteiger partial charge in [0.2, 0.25) is 0 Å². The van der Waals surface area contributed by atoms with E-state index in [-0.39, 0.29) is 11.4 Å². The van der Waals surface area contributed by atoms with Gasteiger partial charge in [-0.3, -0.25) is 14.2 Å². The predicted octanol–water partition coefficient (Wildman–Crippen LogP) is 3.30. The van der Waals surface area contributed by atoms with Gasteiger partial charge in [-0.15, -0.1) is 0 Å². The number of esters is 2. The lowest BCUT2D eigenvalue weighted by molar-refractivity contribution is -0.175. The van der Waals surface area contributed by atoms with E-state index in [1.165, 1.54) is 19.2 Å². The molecule has 4 rings (SSSR count). The van der Waals surface area contributed by atoms with Crippen LogP contribution in [0, 0.1) is 0 Å². The number of nitrogens with zero attached hydrogens (tertiary/aromatic N) is 2. The Morgan fingerprint density at radius 1 is 1.03 bits per heavy atom. The monoisotopic (exact) mass is 523 g/mol. The fourth-order valence-electron chi connectivity index (χ4n) is 4.21. The van der Waals surface area contributed by atoms with Crippen LogP contribution in [-0.2, 0) is 19.0 Å². The highest BCUT2D eigenvalue weighted by Gasteiger charge is 2.66.